The second-order valence-electron chi connectivity index (χ2n) is 5.91. The summed E-state index contributed by atoms with van der Waals surface area (Å²) in [6, 6.07) is 0.156. The summed E-state index contributed by atoms with van der Waals surface area (Å²) >= 11 is 0.672. The zero-order chi connectivity index (χ0) is 22.3. The average molecular weight is 447 g/mol. The molecule has 13 heteroatoms. The van der Waals surface area contributed by atoms with Crippen LogP contribution in [0, 0.1) is 24.4 Å². The molecule has 164 valence electrons. The maximum atomic E-state index is 14.0. The van der Waals surface area contributed by atoms with Crippen LogP contribution < -0.4 is 26.8 Å². The molecule has 0 aliphatic heterocycles. The van der Waals surface area contributed by atoms with Gasteiger partial charge in [0.15, 0.2) is 11.6 Å². The number of rotatable bonds is 10. The molecule has 0 aliphatic rings. The monoisotopic (exact) mass is 447 g/mol. The number of hydrogen-bond acceptors (Lipinski definition) is 7. The Morgan fingerprint density at radius 1 is 1.23 bits per heavy atom. The van der Waals surface area contributed by atoms with Gasteiger partial charge >= 0.3 is 6.03 Å². The smallest absolute Gasteiger partial charge is 0.319 e. The first-order chi connectivity index (χ1) is 14.3. The van der Waals surface area contributed by atoms with Crippen LogP contribution in [0.2, 0.25) is 0 Å². The molecule has 30 heavy (non-hydrogen) atoms. The Labute approximate surface area is 173 Å². The van der Waals surface area contributed by atoms with E-state index in [9.17, 15) is 22.8 Å². The number of halogens is 3. The number of carbonyl (C=O) groups is 2. The maximum Gasteiger partial charge on any atom is 0.319 e. The van der Waals surface area contributed by atoms with Gasteiger partial charge in [-0.3, -0.25) is 10.1 Å². The second kappa shape index (κ2) is 10.8. The van der Waals surface area contributed by atoms with Gasteiger partial charge in [0, 0.05) is 13.1 Å². The molecule has 0 atom stereocenters. The molecule has 9 nitrogen and oxygen atoms in total. The summed E-state index contributed by atoms with van der Waals surface area (Å²) in [5, 5.41) is 4.82. The van der Waals surface area contributed by atoms with Crippen molar-refractivity contribution < 1.29 is 32.2 Å². The number of primary amides is 1. The topological polar surface area (TPSA) is 142 Å². The summed E-state index contributed by atoms with van der Waals surface area (Å²) < 4.78 is 55.7. The lowest BCUT2D eigenvalue weighted by atomic mass is 10.1. The number of urea groups is 1. The molecule has 0 aliphatic carbocycles. The van der Waals surface area contributed by atoms with Gasteiger partial charge in [0.05, 0.1) is 18.8 Å². The quantitative estimate of drug-likeness (QED) is 0.322. The Bertz CT molecular complexity index is 925. The first-order valence-corrected chi connectivity index (χ1v) is 9.41. The van der Waals surface area contributed by atoms with Gasteiger partial charge in [0.1, 0.15) is 23.0 Å². The van der Waals surface area contributed by atoms with Gasteiger partial charge in [0.25, 0.3) is 5.91 Å². The Morgan fingerprint density at radius 2 is 1.97 bits per heavy atom. The number of aryl methyl sites for hydroxylation is 1. The van der Waals surface area contributed by atoms with E-state index in [0.717, 1.165) is 6.07 Å². The molecule has 3 amide bonds. The number of nitrogens with zero attached hydrogens (tertiary/aromatic N) is 1. The van der Waals surface area contributed by atoms with Crippen LogP contribution in [0.3, 0.4) is 0 Å². The fourth-order valence-corrected chi connectivity index (χ4v) is 3.01. The third-order valence-corrected chi connectivity index (χ3v) is 4.46. The summed E-state index contributed by atoms with van der Waals surface area (Å²) in [6.45, 7) is 1.57. The summed E-state index contributed by atoms with van der Waals surface area (Å²) in [5.74, 6) is -4.97. The van der Waals surface area contributed by atoms with Crippen molar-refractivity contribution in [3.8, 4) is 5.88 Å². The van der Waals surface area contributed by atoms with Gasteiger partial charge in [-0.1, -0.05) is 0 Å². The lowest BCUT2D eigenvalue weighted by Gasteiger charge is -2.10. The van der Waals surface area contributed by atoms with Crippen molar-refractivity contribution in [3.05, 3.63) is 40.2 Å². The normalized spacial score (nSPS) is 10.7. The van der Waals surface area contributed by atoms with Gasteiger partial charge < -0.3 is 26.3 Å². The molecule has 0 unspecified atom stereocenters. The third kappa shape index (κ3) is 5.81. The number of benzene rings is 1. The van der Waals surface area contributed by atoms with E-state index in [4.69, 9.17) is 20.9 Å². The highest BCUT2D eigenvalue weighted by atomic mass is 32.1. The van der Waals surface area contributed by atoms with E-state index in [1.165, 1.54) is 6.92 Å². The van der Waals surface area contributed by atoms with Gasteiger partial charge in [-0.15, -0.1) is 0 Å². The molecule has 0 saturated carbocycles. The van der Waals surface area contributed by atoms with E-state index in [1.807, 2.05) is 0 Å². The van der Waals surface area contributed by atoms with Gasteiger partial charge in [-0.25, -0.2) is 18.0 Å². The summed E-state index contributed by atoms with van der Waals surface area (Å²) in [7, 11) is 0. The lowest BCUT2D eigenvalue weighted by molar-refractivity contribution is 0.0996. The van der Waals surface area contributed by atoms with E-state index >= 15 is 0 Å². The zero-order valence-corrected chi connectivity index (χ0v) is 16.7. The number of aromatic nitrogens is 1. The van der Waals surface area contributed by atoms with Crippen LogP contribution in [-0.2, 0) is 11.3 Å². The van der Waals surface area contributed by atoms with E-state index in [0.29, 0.717) is 24.7 Å². The number of amides is 3. The van der Waals surface area contributed by atoms with Gasteiger partial charge in [-0.2, -0.15) is 4.37 Å². The Kier molecular flexibility index (Phi) is 8.38. The van der Waals surface area contributed by atoms with Crippen LogP contribution in [0.25, 0.3) is 0 Å². The minimum absolute atomic E-state index is 0.0334. The molecule has 2 rings (SSSR count). The molecule has 1 aromatic carbocycles. The maximum absolute atomic E-state index is 14.0. The van der Waals surface area contributed by atoms with Crippen LogP contribution in [0.5, 0.6) is 5.88 Å². The molecule has 0 saturated heterocycles. The Morgan fingerprint density at radius 3 is 2.63 bits per heavy atom. The van der Waals surface area contributed by atoms with Gasteiger partial charge in [-0.05, 0) is 30.1 Å². The van der Waals surface area contributed by atoms with Crippen molar-refractivity contribution in [1.82, 2.24) is 9.69 Å². The predicted octanol–water partition coefficient (Wildman–Crippen LogP) is 1.64. The van der Waals surface area contributed by atoms with Crippen molar-refractivity contribution in [2.24, 2.45) is 11.5 Å². The molecule has 1 aromatic heterocycles. The molecule has 0 fully saturated rings. The number of carbonyl (C=O) groups excluding carboxylic acids is 2. The third-order valence-electron chi connectivity index (χ3n) is 3.72. The fourth-order valence-electron chi connectivity index (χ4n) is 2.27. The number of anilines is 1. The van der Waals surface area contributed by atoms with E-state index in [2.05, 4.69) is 15.0 Å². The van der Waals surface area contributed by atoms with E-state index in [-0.39, 0.29) is 35.2 Å². The number of hydrogen-bond donors (Lipinski definition) is 4. The molecular weight excluding hydrogens is 427 g/mol. The molecule has 6 N–H and O–H groups in total. The molecule has 2 aromatic rings. The molecule has 0 radical (unpaired) electrons. The highest BCUT2D eigenvalue weighted by molar-refractivity contribution is 7.11. The summed E-state index contributed by atoms with van der Waals surface area (Å²) in [6.07, 6.45) is 0. The summed E-state index contributed by atoms with van der Waals surface area (Å²) in [5.41, 5.74) is 9.40. The number of nitrogens with two attached hydrogens (primary N) is 2. The number of ether oxygens (including phenoxy) is 2. The molecular formula is C17H20F3N5O4S. The SMILES string of the molecule is Cc1cc(F)c(COc2nsc(NC(=O)NCCOCCN)c2C(N)=O)c(F)c1F. The Balaban J connectivity index is 2.07. The highest BCUT2D eigenvalue weighted by Gasteiger charge is 2.24. The molecule has 0 spiro atoms. The summed E-state index contributed by atoms with van der Waals surface area (Å²) in [4.78, 5) is 23.7. The van der Waals surface area contributed by atoms with Crippen LogP contribution in [-0.4, -0.2) is 42.6 Å². The first kappa shape index (κ1) is 23.4. The van der Waals surface area contributed by atoms with Crippen molar-refractivity contribution >= 4 is 28.5 Å². The van der Waals surface area contributed by atoms with E-state index < -0.39 is 41.6 Å². The van der Waals surface area contributed by atoms with Crippen LogP contribution >= 0.6 is 11.5 Å². The molecule has 1 heterocycles. The standard InChI is InChI=1S/C17H20F3N5O4S/c1-8-6-10(18)9(13(20)12(8)19)7-29-15-11(14(22)26)16(30-25-15)24-17(27)23-3-5-28-4-2-21/h6H,2-5,7,21H2,1H3,(H2,22,26)(H2,23,24,27). The minimum atomic E-state index is -1.40. The van der Waals surface area contributed by atoms with Crippen molar-refractivity contribution in [2.75, 3.05) is 31.6 Å². The van der Waals surface area contributed by atoms with Crippen molar-refractivity contribution in [1.29, 1.82) is 0 Å². The average Bonchev–Trinajstić information content (AvgIpc) is 3.08. The second-order valence-corrected chi connectivity index (χ2v) is 6.68. The zero-order valence-electron chi connectivity index (χ0n) is 15.9. The molecule has 0 bridgehead atoms. The van der Waals surface area contributed by atoms with Crippen LogP contribution in [0.1, 0.15) is 21.5 Å². The van der Waals surface area contributed by atoms with Crippen molar-refractivity contribution in [3.63, 3.8) is 0 Å². The number of nitrogens with one attached hydrogen (secondary N) is 2. The lowest BCUT2D eigenvalue weighted by Crippen LogP contribution is -2.32. The predicted molar refractivity (Wildman–Crippen MR) is 103 cm³/mol. The van der Waals surface area contributed by atoms with Crippen molar-refractivity contribution in [2.45, 2.75) is 13.5 Å². The van der Waals surface area contributed by atoms with Crippen LogP contribution in [0.15, 0.2) is 6.07 Å². The van der Waals surface area contributed by atoms with Crippen LogP contribution in [0.4, 0.5) is 23.0 Å². The first-order valence-electron chi connectivity index (χ1n) is 8.64. The largest absolute Gasteiger partial charge is 0.471 e. The van der Waals surface area contributed by atoms with E-state index in [1.54, 1.807) is 0 Å². The fraction of sp³-hybridized carbons (Fsp3) is 0.353. The minimum Gasteiger partial charge on any atom is -0.471 e. The Hall–Kier alpha value is -2.90. The highest BCUT2D eigenvalue weighted by Crippen LogP contribution is 2.31. The van der Waals surface area contributed by atoms with Gasteiger partial charge in [0.2, 0.25) is 5.88 Å².